The molecule has 7 heteroatoms. The van der Waals surface area contributed by atoms with Crippen molar-refractivity contribution in [3.05, 3.63) is 60.6 Å². The van der Waals surface area contributed by atoms with E-state index in [0.29, 0.717) is 17.5 Å². The van der Waals surface area contributed by atoms with Crippen LogP contribution in [0.15, 0.2) is 49.1 Å². The molecular weight excluding hydrogens is 354 g/mol. The molecule has 0 saturated carbocycles. The topological polar surface area (TPSA) is 65.3 Å². The van der Waals surface area contributed by atoms with Crippen molar-refractivity contribution in [2.45, 2.75) is 25.3 Å². The number of aryl methyl sites for hydroxylation is 1. The molecule has 4 rings (SSSR count). The fraction of sp³-hybridized carbons (Fsp3) is 0.381. The molecule has 1 aliphatic rings. The second-order valence-corrected chi connectivity index (χ2v) is 7.03. The zero-order chi connectivity index (χ0) is 19.3. The molecule has 0 aliphatic carbocycles. The molecule has 0 unspecified atom stereocenters. The maximum absolute atomic E-state index is 6.05. The van der Waals surface area contributed by atoms with Crippen LogP contribution in [0.1, 0.15) is 30.3 Å². The zero-order valence-electron chi connectivity index (χ0n) is 16.3. The number of hydrogen-bond acceptors (Lipinski definition) is 6. The number of nitrogens with zero attached hydrogens (tertiary/aromatic N) is 5. The number of imidazole rings is 1. The Bertz CT molecular complexity index is 918. The zero-order valence-corrected chi connectivity index (χ0v) is 16.3. The monoisotopic (exact) mass is 379 g/mol. The molecule has 0 bridgehead atoms. The van der Waals surface area contributed by atoms with Gasteiger partial charge in [0.15, 0.2) is 0 Å². The number of rotatable bonds is 6. The summed E-state index contributed by atoms with van der Waals surface area (Å²) in [5, 5.41) is 0. The van der Waals surface area contributed by atoms with Gasteiger partial charge in [0.2, 0.25) is 5.88 Å². The van der Waals surface area contributed by atoms with E-state index in [-0.39, 0.29) is 0 Å². The van der Waals surface area contributed by atoms with Crippen LogP contribution in [-0.4, -0.2) is 44.6 Å². The first-order valence-electron chi connectivity index (χ1n) is 9.54. The van der Waals surface area contributed by atoms with Gasteiger partial charge in [-0.1, -0.05) is 6.07 Å². The Hall–Kier alpha value is -2.93. The van der Waals surface area contributed by atoms with Crippen molar-refractivity contribution in [3.63, 3.8) is 0 Å². The Morgan fingerprint density at radius 2 is 1.82 bits per heavy atom. The van der Waals surface area contributed by atoms with E-state index >= 15 is 0 Å². The lowest BCUT2D eigenvalue weighted by Crippen LogP contribution is -2.33. The van der Waals surface area contributed by atoms with Crippen LogP contribution >= 0.6 is 0 Å². The number of ether oxygens (including phenoxy) is 2. The SMILES string of the molecule is COc1cccc(Oc2nccnc2C2CCN(Cc3nccn3C)CC2)c1. The van der Waals surface area contributed by atoms with Crippen LogP contribution in [0.4, 0.5) is 0 Å². The molecule has 28 heavy (non-hydrogen) atoms. The average molecular weight is 379 g/mol. The molecule has 0 atom stereocenters. The van der Waals surface area contributed by atoms with Crippen LogP contribution in [0.25, 0.3) is 0 Å². The van der Waals surface area contributed by atoms with Gasteiger partial charge in [0.1, 0.15) is 23.0 Å². The fourth-order valence-electron chi connectivity index (χ4n) is 3.58. The minimum atomic E-state index is 0.340. The first kappa shape index (κ1) is 18.4. The van der Waals surface area contributed by atoms with E-state index in [4.69, 9.17) is 9.47 Å². The summed E-state index contributed by atoms with van der Waals surface area (Å²) in [4.78, 5) is 15.9. The Balaban J connectivity index is 1.43. The summed E-state index contributed by atoms with van der Waals surface area (Å²) in [6, 6.07) is 7.55. The number of aromatic nitrogens is 4. The standard InChI is InChI=1S/C21H25N5O2/c1-25-13-10-22-19(25)15-26-11-6-16(7-12-26)20-21(24-9-8-23-20)28-18-5-3-4-17(14-18)27-2/h3-5,8-10,13-14,16H,6-7,11-12,15H2,1-2H3. The third-order valence-corrected chi connectivity index (χ3v) is 5.21. The minimum Gasteiger partial charge on any atom is -0.497 e. The van der Waals surface area contributed by atoms with Gasteiger partial charge in [-0.2, -0.15) is 0 Å². The van der Waals surface area contributed by atoms with E-state index in [0.717, 1.165) is 49.7 Å². The first-order chi connectivity index (χ1) is 13.7. The second kappa shape index (κ2) is 8.39. The van der Waals surface area contributed by atoms with Gasteiger partial charge in [0.25, 0.3) is 0 Å². The van der Waals surface area contributed by atoms with Crippen molar-refractivity contribution >= 4 is 0 Å². The number of hydrogen-bond donors (Lipinski definition) is 0. The van der Waals surface area contributed by atoms with Gasteiger partial charge in [-0.3, -0.25) is 9.88 Å². The van der Waals surface area contributed by atoms with Crippen LogP contribution in [-0.2, 0) is 13.6 Å². The predicted molar refractivity (Wildman–Crippen MR) is 106 cm³/mol. The van der Waals surface area contributed by atoms with Gasteiger partial charge >= 0.3 is 0 Å². The lowest BCUT2D eigenvalue weighted by Gasteiger charge is -2.31. The van der Waals surface area contributed by atoms with Gasteiger partial charge in [0.05, 0.1) is 13.7 Å². The number of piperidine rings is 1. The van der Waals surface area contributed by atoms with Crippen molar-refractivity contribution in [1.82, 2.24) is 24.4 Å². The van der Waals surface area contributed by atoms with Crippen LogP contribution in [0.2, 0.25) is 0 Å². The Kier molecular flexibility index (Phi) is 5.53. The number of likely N-dealkylation sites (tertiary alicyclic amines) is 1. The molecule has 0 radical (unpaired) electrons. The highest BCUT2D eigenvalue weighted by Gasteiger charge is 2.25. The van der Waals surface area contributed by atoms with Gasteiger partial charge in [-0.05, 0) is 38.1 Å². The maximum atomic E-state index is 6.05. The molecule has 1 aliphatic heterocycles. The van der Waals surface area contributed by atoms with E-state index in [1.165, 1.54) is 0 Å². The average Bonchev–Trinajstić information content (AvgIpc) is 3.14. The lowest BCUT2D eigenvalue weighted by atomic mass is 9.93. The van der Waals surface area contributed by atoms with Crippen LogP contribution < -0.4 is 9.47 Å². The third kappa shape index (κ3) is 4.14. The fourth-order valence-corrected chi connectivity index (χ4v) is 3.58. The number of benzene rings is 1. The second-order valence-electron chi connectivity index (χ2n) is 7.03. The third-order valence-electron chi connectivity index (χ3n) is 5.21. The predicted octanol–water partition coefficient (Wildman–Crippen LogP) is 3.39. The Morgan fingerprint density at radius 1 is 1.04 bits per heavy atom. The van der Waals surface area contributed by atoms with Crippen molar-refractivity contribution in [3.8, 4) is 17.4 Å². The maximum Gasteiger partial charge on any atom is 0.241 e. The molecule has 146 valence electrons. The van der Waals surface area contributed by atoms with E-state index in [1.54, 1.807) is 19.5 Å². The van der Waals surface area contributed by atoms with E-state index in [1.807, 2.05) is 43.7 Å². The normalized spacial score (nSPS) is 15.5. The Morgan fingerprint density at radius 3 is 2.57 bits per heavy atom. The molecule has 3 aromatic rings. The van der Waals surface area contributed by atoms with Crippen molar-refractivity contribution in [2.75, 3.05) is 20.2 Å². The van der Waals surface area contributed by atoms with Gasteiger partial charge in [0, 0.05) is 43.8 Å². The molecule has 1 saturated heterocycles. The molecule has 0 amide bonds. The van der Waals surface area contributed by atoms with E-state index in [9.17, 15) is 0 Å². The quantitative estimate of drug-likeness (QED) is 0.654. The molecule has 0 N–H and O–H groups in total. The largest absolute Gasteiger partial charge is 0.497 e. The summed E-state index contributed by atoms with van der Waals surface area (Å²) in [7, 11) is 3.68. The first-order valence-corrected chi connectivity index (χ1v) is 9.54. The molecule has 3 heterocycles. The molecule has 7 nitrogen and oxygen atoms in total. The van der Waals surface area contributed by atoms with E-state index in [2.05, 4.69) is 24.4 Å². The molecule has 1 fully saturated rings. The van der Waals surface area contributed by atoms with Gasteiger partial charge < -0.3 is 14.0 Å². The smallest absolute Gasteiger partial charge is 0.241 e. The van der Waals surface area contributed by atoms with Gasteiger partial charge in [-0.15, -0.1) is 0 Å². The summed E-state index contributed by atoms with van der Waals surface area (Å²) in [5.74, 6) is 3.48. The molecule has 1 aromatic carbocycles. The van der Waals surface area contributed by atoms with Crippen molar-refractivity contribution in [1.29, 1.82) is 0 Å². The highest BCUT2D eigenvalue weighted by Crippen LogP contribution is 2.34. The lowest BCUT2D eigenvalue weighted by molar-refractivity contribution is 0.196. The molecule has 0 spiro atoms. The van der Waals surface area contributed by atoms with Gasteiger partial charge in [-0.25, -0.2) is 9.97 Å². The van der Waals surface area contributed by atoms with E-state index < -0.39 is 0 Å². The minimum absolute atomic E-state index is 0.340. The number of methoxy groups -OCH3 is 1. The molecular formula is C21H25N5O2. The molecule has 2 aromatic heterocycles. The highest BCUT2D eigenvalue weighted by atomic mass is 16.5. The summed E-state index contributed by atoms with van der Waals surface area (Å²) < 4.78 is 13.4. The van der Waals surface area contributed by atoms with Crippen molar-refractivity contribution < 1.29 is 9.47 Å². The highest BCUT2D eigenvalue weighted by molar-refractivity contribution is 5.36. The summed E-state index contributed by atoms with van der Waals surface area (Å²) in [5.41, 5.74) is 0.932. The van der Waals surface area contributed by atoms with Crippen LogP contribution in [0.3, 0.4) is 0 Å². The summed E-state index contributed by atoms with van der Waals surface area (Å²) in [6.45, 7) is 2.89. The van der Waals surface area contributed by atoms with Crippen LogP contribution in [0.5, 0.6) is 17.4 Å². The summed E-state index contributed by atoms with van der Waals surface area (Å²) in [6.07, 6.45) is 9.31. The Labute approximate surface area is 165 Å². The summed E-state index contributed by atoms with van der Waals surface area (Å²) >= 11 is 0. The van der Waals surface area contributed by atoms with Crippen molar-refractivity contribution in [2.24, 2.45) is 7.05 Å². The van der Waals surface area contributed by atoms with Crippen LogP contribution in [0, 0.1) is 0 Å².